The molecule has 0 bridgehead atoms. The highest BCUT2D eigenvalue weighted by atomic mass is 127. The van der Waals surface area contributed by atoms with Crippen LogP contribution in [0, 0.1) is 0 Å². The topological polar surface area (TPSA) is 67.1 Å². The van der Waals surface area contributed by atoms with Gasteiger partial charge in [-0.15, -0.1) is 34.2 Å². The molecule has 30 heavy (non-hydrogen) atoms. The molecule has 0 saturated carbocycles. The molecule has 2 N–H and O–H groups in total. The number of hydrogen-bond donors (Lipinski definition) is 2. The average molecular weight is 522 g/mol. The van der Waals surface area contributed by atoms with Crippen LogP contribution in [0.5, 0.6) is 0 Å². The molecule has 0 fully saturated rings. The summed E-state index contributed by atoms with van der Waals surface area (Å²) in [7, 11) is 0. The van der Waals surface area contributed by atoms with Crippen LogP contribution in [0.4, 0.5) is 0 Å². The van der Waals surface area contributed by atoms with E-state index in [-0.39, 0.29) is 30.0 Å². The van der Waals surface area contributed by atoms with Crippen molar-refractivity contribution in [1.82, 2.24) is 25.4 Å². The van der Waals surface area contributed by atoms with E-state index < -0.39 is 0 Å². The van der Waals surface area contributed by atoms with Crippen LogP contribution in [0.15, 0.2) is 41.7 Å². The fourth-order valence-corrected chi connectivity index (χ4v) is 3.71. The first-order valence-corrected chi connectivity index (χ1v) is 10.7. The molecule has 2 aromatic rings. The van der Waals surface area contributed by atoms with E-state index >= 15 is 0 Å². The Bertz CT molecular complexity index is 857. The molecule has 164 valence electrons. The molecule has 0 spiro atoms. The Morgan fingerprint density at radius 1 is 1.27 bits per heavy atom. The summed E-state index contributed by atoms with van der Waals surface area (Å²) in [5.74, 6) is 1.81. The van der Waals surface area contributed by atoms with Crippen LogP contribution in [-0.4, -0.2) is 33.8 Å². The van der Waals surface area contributed by atoms with E-state index in [1.165, 1.54) is 42.4 Å². The summed E-state index contributed by atoms with van der Waals surface area (Å²) in [6, 6.07) is 7.11. The number of nitrogens with zero attached hydrogens (tertiary/aromatic N) is 4. The lowest BCUT2D eigenvalue weighted by Crippen LogP contribution is -2.40. The maximum atomic E-state index is 4.69. The minimum Gasteiger partial charge on any atom is -0.355 e. The third kappa shape index (κ3) is 6.82. The largest absolute Gasteiger partial charge is 0.355 e. The molecule has 1 aliphatic carbocycles. The van der Waals surface area contributed by atoms with Crippen molar-refractivity contribution in [2.75, 3.05) is 13.1 Å². The highest BCUT2D eigenvalue weighted by Gasteiger charge is 2.13. The van der Waals surface area contributed by atoms with Gasteiger partial charge in [0.1, 0.15) is 12.2 Å². The Kier molecular flexibility index (Phi) is 9.81. The minimum absolute atomic E-state index is 0. The van der Waals surface area contributed by atoms with Gasteiger partial charge in [0.05, 0.1) is 12.6 Å². The molecule has 1 aromatic heterocycles. The molecule has 1 aromatic carbocycles. The smallest absolute Gasteiger partial charge is 0.192 e. The molecule has 7 heteroatoms. The Morgan fingerprint density at radius 3 is 2.77 bits per heavy atom. The zero-order valence-electron chi connectivity index (χ0n) is 18.4. The third-order valence-electron chi connectivity index (χ3n) is 5.39. The van der Waals surface area contributed by atoms with Gasteiger partial charge >= 0.3 is 0 Å². The van der Waals surface area contributed by atoms with Gasteiger partial charge in [-0.25, -0.2) is 4.99 Å². The standard InChI is InChI=1S/C23H34N6.HI/c1-5-22-28-26-16-29(22)13-12-24-23(25-15-17(2)3)27-18(4)20-11-10-19-8-6-7-9-21(19)14-20;/h10-11,14,16,18H,2,5-9,12-13,15H2,1,3-4H3,(H2,24,25,27);1H. The van der Waals surface area contributed by atoms with Crippen molar-refractivity contribution in [3.05, 3.63) is 59.2 Å². The molecule has 1 heterocycles. The number of hydrogen-bond acceptors (Lipinski definition) is 3. The third-order valence-corrected chi connectivity index (χ3v) is 5.39. The van der Waals surface area contributed by atoms with Crippen LogP contribution in [0.3, 0.4) is 0 Å². The molecule has 3 rings (SSSR count). The first kappa shape index (κ1) is 24.4. The summed E-state index contributed by atoms with van der Waals surface area (Å²) in [6.45, 7) is 12.4. The van der Waals surface area contributed by atoms with Crippen molar-refractivity contribution in [1.29, 1.82) is 0 Å². The molecule has 0 saturated heterocycles. The Hall–Kier alpha value is -1.90. The van der Waals surface area contributed by atoms with Gasteiger partial charge in [0.2, 0.25) is 0 Å². The van der Waals surface area contributed by atoms with Crippen molar-refractivity contribution >= 4 is 29.9 Å². The SMILES string of the molecule is C=C(C)CN=C(NCCn1cnnc1CC)NC(C)c1ccc2c(c1)CCCC2.I. The van der Waals surface area contributed by atoms with Gasteiger partial charge in [-0.05, 0) is 56.2 Å². The molecule has 0 aliphatic heterocycles. The summed E-state index contributed by atoms with van der Waals surface area (Å²) in [4.78, 5) is 4.69. The number of fused-ring (bicyclic) bond motifs is 1. The molecular formula is C23H35IN6. The number of benzene rings is 1. The first-order chi connectivity index (χ1) is 14.1. The Balaban J connectivity index is 0.00000320. The quantitative estimate of drug-likeness (QED) is 0.236. The van der Waals surface area contributed by atoms with Gasteiger partial charge in [0.25, 0.3) is 0 Å². The van der Waals surface area contributed by atoms with Crippen LogP contribution >= 0.6 is 24.0 Å². The second kappa shape index (κ2) is 12.1. The predicted molar refractivity (Wildman–Crippen MR) is 135 cm³/mol. The highest BCUT2D eigenvalue weighted by molar-refractivity contribution is 14.0. The van der Waals surface area contributed by atoms with E-state index in [1.54, 1.807) is 6.33 Å². The number of aromatic nitrogens is 3. The van der Waals surface area contributed by atoms with Crippen LogP contribution in [0.2, 0.25) is 0 Å². The molecule has 6 nitrogen and oxygen atoms in total. The zero-order chi connectivity index (χ0) is 20.6. The Labute approximate surface area is 197 Å². The lowest BCUT2D eigenvalue weighted by molar-refractivity contribution is 0.618. The second-order valence-corrected chi connectivity index (χ2v) is 7.94. The van der Waals surface area contributed by atoms with E-state index in [0.717, 1.165) is 36.9 Å². The number of aliphatic imine (C=N–C) groups is 1. The molecule has 0 radical (unpaired) electrons. The lowest BCUT2D eigenvalue weighted by Gasteiger charge is -2.22. The van der Waals surface area contributed by atoms with Crippen LogP contribution in [0.25, 0.3) is 0 Å². The molecular weight excluding hydrogens is 487 g/mol. The number of halogens is 1. The minimum atomic E-state index is 0. The zero-order valence-corrected chi connectivity index (χ0v) is 20.8. The summed E-state index contributed by atoms with van der Waals surface area (Å²) in [5.41, 5.74) is 5.37. The van der Waals surface area contributed by atoms with Crippen molar-refractivity contribution in [3.63, 3.8) is 0 Å². The lowest BCUT2D eigenvalue weighted by atomic mass is 9.89. The predicted octanol–water partition coefficient (Wildman–Crippen LogP) is 4.21. The summed E-state index contributed by atoms with van der Waals surface area (Å²) < 4.78 is 2.08. The number of guanidine groups is 1. The fourth-order valence-electron chi connectivity index (χ4n) is 3.71. The highest BCUT2D eigenvalue weighted by Crippen LogP contribution is 2.24. The van der Waals surface area contributed by atoms with Crippen LogP contribution < -0.4 is 10.6 Å². The monoisotopic (exact) mass is 522 g/mol. The van der Waals surface area contributed by atoms with Gasteiger partial charge in [-0.3, -0.25) is 0 Å². The van der Waals surface area contributed by atoms with Crippen molar-refractivity contribution < 1.29 is 0 Å². The van der Waals surface area contributed by atoms with Crippen LogP contribution in [-0.2, 0) is 25.8 Å². The molecule has 1 aliphatic rings. The maximum Gasteiger partial charge on any atom is 0.192 e. The number of nitrogens with one attached hydrogen (secondary N) is 2. The van der Waals surface area contributed by atoms with E-state index in [2.05, 4.69) is 64.0 Å². The van der Waals surface area contributed by atoms with E-state index in [4.69, 9.17) is 4.99 Å². The van der Waals surface area contributed by atoms with Gasteiger partial charge in [-0.2, -0.15) is 0 Å². The van der Waals surface area contributed by atoms with Crippen molar-refractivity contribution in [2.24, 2.45) is 4.99 Å². The summed E-state index contributed by atoms with van der Waals surface area (Å²) in [6.07, 6.45) is 7.69. The van der Waals surface area contributed by atoms with Gasteiger partial charge in [0, 0.05) is 19.5 Å². The van der Waals surface area contributed by atoms with E-state index in [0.29, 0.717) is 6.54 Å². The normalized spacial score (nSPS) is 14.4. The molecule has 0 amide bonds. The average Bonchev–Trinajstić information content (AvgIpc) is 3.18. The van der Waals surface area contributed by atoms with Gasteiger partial charge in [0.15, 0.2) is 5.96 Å². The summed E-state index contributed by atoms with van der Waals surface area (Å²) in [5, 5.41) is 15.2. The first-order valence-electron chi connectivity index (χ1n) is 10.7. The van der Waals surface area contributed by atoms with Gasteiger partial charge in [-0.1, -0.05) is 37.3 Å². The van der Waals surface area contributed by atoms with Crippen LogP contribution in [0.1, 0.15) is 62.2 Å². The molecule has 1 atom stereocenters. The van der Waals surface area contributed by atoms with E-state index in [1.807, 2.05) is 6.92 Å². The summed E-state index contributed by atoms with van der Waals surface area (Å²) >= 11 is 0. The maximum absolute atomic E-state index is 4.69. The molecule has 1 unspecified atom stereocenters. The van der Waals surface area contributed by atoms with Gasteiger partial charge < -0.3 is 15.2 Å². The fraction of sp³-hybridized carbons (Fsp3) is 0.522. The van der Waals surface area contributed by atoms with E-state index in [9.17, 15) is 0 Å². The second-order valence-electron chi connectivity index (χ2n) is 7.94. The number of rotatable bonds is 8. The van der Waals surface area contributed by atoms with Crippen molar-refractivity contribution in [3.8, 4) is 0 Å². The number of aryl methyl sites for hydroxylation is 3. The Morgan fingerprint density at radius 2 is 2.03 bits per heavy atom. The van der Waals surface area contributed by atoms with Crippen molar-refractivity contribution in [2.45, 2.75) is 65.5 Å².